The molecule has 0 aromatic carbocycles. The van der Waals surface area contributed by atoms with E-state index in [-0.39, 0.29) is 11.0 Å². The van der Waals surface area contributed by atoms with Gasteiger partial charge in [-0.25, -0.2) is 0 Å². The smallest absolute Gasteiger partial charge is 0.192 e. The Balaban J connectivity index is 4.47. The molecule has 0 fully saturated rings. The fraction of sp³-hybridized carbons (Fsp3) is 0.800. The molecular weight excluding hydrogens is 240 g/mol. The summed E-state index contributed by atoms with van der Waals surface area (Å²) in [4.78, 5) is 11.5. The van der Waals surface area contributed by atoms with Crippen LogP contribution in [-0.4, -0.2) is 20.7 Å². The minimum atomic E-state index is -1.68. The molecule has 106 valence electrons. The summed E-state index contributed by atoms with van der Waals surface area (Å²) in [6.45, 7) is 17.8. The molecule has 2 nitrogen and oxygen atoms in total. The number of carbonyl (C=O) groups excluding carboxylic acids is 1. The molecule has 0 unspecified atom stereocenters. The van der Waals surface area contributed by atoms with Crippen molar-refractivity contribution in [3.63, 3.8) is 0 Å². The van der Waals surface area contributed by atoms with E-state index in [9.17, 15) is 4.79 Å². The van der Waals surface area contributed by atoms with Crippen molar-refractivity contribution in [1.82, 2.24) is 0 Å². The van der Waals surface area contributed by atoms with Crippen LogP contribution in [0.2, 0.25) is 18.1 Å². The highest BCUT2D eigenvalue weighted by molar-refractivity contribution is 6.74. The maximum absolute atomic E-state index is 11.5. The zero-order valence-corrected chi connectivity index (χ0v) is 14.4. The van der Waals surface area contributed by atoms with Gasteiger partial charge in [0.15, 0.2) is 8.32 Å². The van der Waals surface area contributed by atoms with E-state index < -0.39 is 8.32 Å². The fourth-order valence-electron chi connectivity index (χ4n) is 1.40. The number of hydrogen-bond acceptors (Lipinski definition) is 2. The number of ketones is 1. The number of rotatable bonds is 6. The predicted octanol–water partition coefficient (Wildman–Crippen LogP) is 4.57. The molecule has 0 heterocycles. The largest absolute Gasteiger partial charge is 0.413 e. The number of hydrogen-bond donors (Lipinski definition) is 0. The van der Waals surface area contributed by atoms with Gasteiger partial charge in [0.2, 0.25) is 0 Å². The van der Waals surface area contributed by atoms with Gasteiger partial charge in [-0.2, -0.15) is 0 Å². The topological polar surface area (TPSA) is 26.3 Å². The van der Waals surface area contributed by atoms with E-state index in [0.717, 1.165) is 5.57 Å². The molecule has 0 saturated carbocycles. The van der Waals surface area contributed by atoms with E-state index in [0.29, 0.717) is 18.8 Å². The molecule has 0 aromatic heterocycles. The lowest BCUT2D eigenvalue weighted by molar-refractivity contribution is -0.120. The second-order valence-corrected chi connectivity index (χ2v) is 11.5. The lowest BCUT2D eigenvalue weighted by atomic mass is 10.0. The second kappa shape index (κ2) is 6.67. The highest BCUT2D eigenvalue weighted by Crippen LogP contribution is 2.36. The van der Waals surface area contributed by atoms with E-state index in [1.807, 2.05) is 26.8 Å². The van der Waals surface area contributed by atoms with E-state index in [1.165, 1.54) is 0 Å². The Morgan fingerprint density at radius 3 is 2.22 bits per heavy atom. The Morgan fingerprint density at radius 2 is 1.83 bits per heavy atom. The van der Waals surface area contributed by atoms with Crippen molar-refractivity contribution in [1.29, 1.82) is 0 Å². The van der Waals surface area contributed by atoms with Gasteiger partial charge in [-0.1, -0.05) is 46.3 Å². The summed E-state index contributed by atoms with van der Waals surface area (Å²) in [5, 5.41) is 0.234. The average Bonchev–Trinajstić information content (AvgIpc) is 2.23. The standard InChI is InChI=1S/C15H30O2Si/c1-9-14(16)13(3)10-12(2)11-17-18(7,8)15(4,5)6/h10,13H,9,11H2,1-8H3/b12-10+/t13-/m1/s1. The minimum Gasteiger partial charge on any atom is -0.413 e. The molecule has 0 amide bonds. The normalized spacial score (nSPS) is 15.7. The van der Waals surface area contributed by atoms with Crippen LogP contribution in [0.1, 0.15) is 48.0 Å². The summed E-state index contributed by atoms with van der Waals surface area (Å²) in [7, 11) is -1.68. The zero-order chi connectivity index (χ0) is 14.6. The van der Waals surface area contributed by atoms with Crippen LogP contribution in [0.15, 0.2) is 11.6 Å². The second-order valence-electron chi connectivity index (χ2n) is 6.67. The molecule has 0 aliphatic carbocycles. The number of carbonyl (C=O) groups is 1. The van der Waals surface area contributed by atoms with Crippen LogP contribution in [0, 0.1) is 5.92 Å². The first-order valence-corrected chi connectivity index (χ1v) is 9.76. The number of Topliss-reactive ketones (excluding diaryl/α,β-unsaturated/α-hetero) is 1. The molecule has 0 bridgehead atoms. The fourth-order valence-corrected chi connectivity index (χ4v) is 2.42. The molecule has 0 rings (SSSR count). The third-order valence-corrected chi connectivity index (χ3v) is 8.34. The summed E-state index contributed by atoms with van der Waals surface area (Å²) in [6, 6.07) is 0. The van der Waals surface area contributed by atoms with Crippen molar-refractivity contribution in [2.24, 2.45) is 5.92 Å². The summed E-state index contributed by atoms with van der Waals surface area (Å²) in [6.07, 6.45) is 2.65. The Kier molecular flexibility index (Phi) is 6.51. The Hall–Kier alpha value is -0.413. The molecule has 0 spiro atoms. The van der Waals surface area contributed by atoms with Crippen molar-refractivity contribution < 1.29 is 9.22 Å². The Bertz CT molecular complexity index is 311. The number of allylic oxidation sites excluding steroid dienone is 1. The first-order chi connectivity index (χ1) is 8.01. The van der Waals surface area contributed by atoms with Gasteiger partial charge in [0.25, 0.3) is 0 Å². The molecule has 0 aliphatic heterocycles. The summed E-state index contributed by atoms with van der Waals surface area (Å²) in [5.41, 5.74) is 1.16. The van der Waals surface area contributed by atoms with Gasteiger partial charge in [0, 0.05) is 12.3 Å². The molecule has 0 radical (unpaired) electrons. The predicted molar refractivity (Wildman–Crippen MR) is 81.4 cm³/mol. The van der Waals surface area contributed by atoms with Gasteiger partial charge in [0.1, 0.15) is 5.78 Å². The Morgan fingerprint density at radius 1 is 1.33 bits per heavy atom. The highest BCUT2D eigenvalue weighted by atomic mass is 28.4. The lowest BCUT2D eigenvalue weighted by Crippen LogP contribution is -2.41. The average molecular weight is 270 g/mol. The molecule has 0 aromatic rings. The molecule has 3 heteroatoms. The summed E-state index contributed by atoms with van der Waals surface area (Å²) in [5.74, 6) is 0.305. The van der Waals surface area contributed by atoms with Crippen LogP contribution in [0.25, 0.3) is 0 Å². The van der Waals surface area contributed by atoms with Crippen LogP contribution < -0.4 is 0 Å². The van der Waals surface area contributed by atoms with Crippen LogP contribution >= 0.6 is 0 Å². The summed E-state index contributed by atoms with van der Waals surface area (Å²) >= 11 is 0. The van der Waals surface area contributed by atoms with E-state index >= 15 is 0 Å². The van der Waals surface area contributed by atoms with Crippen LogP contribution in [0.3, 0.4) is 0 Å². The van der Waals surface area contributed by atoms with Gasteiger partial charge in [-0.15, -0.1) is 0 Å². The van der Waals surface area contributed by atoms with E-state index in [1.54, 1.807) is 0 Å². The zero-order valence-electron chi connectivity index (χ0n) is 13.4. The van der Waals surface area contributed by atoms with E-state index in [2.05, 4.69) is 33.9 Å². The molecular formula is C15H30O2Si. The van der Waals surface area contributed by atoms with Gasteiger partial charge < -0.3 is 4.43 Å². The first kappa shape index (κ1) is 17.6. The highest BCUT2D eigenvalue weighted by Gasteiger charge is 2.36. The SMILES string of the molecule is CCC(=O)[C@H](C)/C=C(\C)CO[Si](C)(C)C(C)(C)C. The van der Waals surface area contributed by atoms with Crippen molar-refractivity contribution in [2.45, 2.75) is 66.1 Å². The molecule has 0 N–H and O–H groups in total. The monoisotopic (exact) mass is 270 g/mol. The van der Waals surface area contributed by atoms with Crippen LogP contribution in [0.5, 0.6) is 0 Å². The van der Waals surface area contributed by atoms with Crippen molar-refractivity contribution >= 4 is 14.1 Å². The van der Waals surface area contributed by atoms with Gasteiger partial charge in [0.05, 0.1) is 6.61 Å². The molecule has 18 heavy (non-hydrogen) atoms. The quantitative estimate of drug-likeness (QED) is 0.522. The summed E-state index contributed by atoms with van der Waals surface area (Å²) < 4.78 is 6.13. The maximum atomic E-state index is 11.5. The molecule has 0 saturated heterocycles. The first-order valence-electron chi connectivity index (χ1n) is 6.85. The van der Waals surface area contributed by atoms with Crippen molar-refractivity contribution in [3.8, 4) is 0 Å². The molecule has 0 aliphatic rings. The molecule has 1 atom stereocenters. The maximum Gasteiger partial charge on any atom is 0.192 e. The van der Waals surface area contributed by atoms with Gasteiger partial charge in [-0.3, -0.25) is 4.79 Å². The van der Waals surface area contributed by atoms with E-state index in [4.69, 9.17) is 4.43 Å². The van der Waals surface area contributed by atoms with Gasteiger partial charge >= 0.3 is 0 Å². The third-order valence-electron chi connectivity index (χ3n) is 3.86. The van der Waals surface area contributed by atoms with Crippen molar-refractivity contribution in [2.75, 3.05) is 6.61 Å². The van der Waals surface area contributed by atoms with Crippen LogP contribution in [0.4, 0.5) is 0 Å². The Labute approximate surface area is 114 Å². The minimum absolute atomic E-state index is 0.0121. The third kappa shape index (κ3) is 5.49. The van der Waals surface area contributed by atoms with Crippen LogP contribution in [-0.2, 0) is 9.22 Å². The lowest BCUT2D eigenvalue weighted by Gasteiger charge is -2.36. The van der Waals surface area contributed by atoms with Crippen molar-refractivity contribution in [3.05, 3.63) is 11.6 Å². The van der Waals surface area contributed by atoms with Gasteiger partial charge in [-0.05, 0) is 25.1 Å².